The number of nitrogens with one attached hydrogen (secondary N) is 1. The topological polar surface area (TPSA) is 64.1 Å². The molecule has 2 aromatic heterocycles. The minimum Gasteiger partial charge on any atom is -0.493 e. The number of hydrogen-bond donors (Lipinski definition) is 1. The van der Waals surface area contributed by atoms with Gasteiger partial charge in [0.2, 0.25) is 5.91 Å². The van der Waals surface area contributed by atoms with Gasteiger partial charge in [-0.3, -0.25) is 9.78 Å². The Kier molecular flexibility index (Phi) is 5.74. The van der Waals surface area contributed by atoms with Gasteiger partial charge in [-0.2, -0.15) is 0 Å². The smallest absolute Gasteiger partial charge is 0.223 e. The molecular formula is C19H19N3O2S. The van der Waals surface area contributed by atoms with Crippen LogP contribution in [0.1, 0.15) is 17.7 Å². The molecule has 0 bridgehead atoms. The van der Waals surface area contributed by atoms with Crippen LogP contribution in [0.5, 0.6) is 5.75 Å². The van der Waals surface area contributed by atoms with Crippen molar-refractivity contribution >= 4 is 17.2 Å². The van der Waals surface area contributed by atoms with Gasteiger partial charge in [-0.05, 0) is 31.2 Å². The number of aryl methyl sites for hydroxylation is 1. The molecule has 3 aromatic rings. The van der Waals surface area contributed by atoms with Crippen LogP contribution in [-0.4, -0.2) is 22.5 Å². The number of nitrogens with zero attached hydrogens (tertiary/aromatic N) is 2. The first-order chi connectivity index (χ1) is 12.2. The first-order valence-corrected chi connectivity index (χ1v) is 8.90. The average molecular weight is 353 g/mol. The van der Waals surface area contributed by atoms with E-state index in [4.69, 9.17) is 4.74 Å². The molecule has 0 aliphatic heterocycles. The van der Waals surface area contributed by atoms with E-state index in [9.17, 15) is 4.79 Å². The van der Waals surface area contributed by atoms with Crippen molar-refractivity contribution in [2.24, 2.45) is 0 Å². The van der Waals surface area contributed by atoms with Crippen molar-refractivity contribution in [3.8, 4) is 16.5 Å². The summed E-state index contributed by atoms with van der Waals surface area (Å²) in [6.45, 7) is 2.78. The van der Waals surface area contributed by atoms with Crippen LogP contribution in [0.3, 0.4) is 0 Å². The highest BCUT2D eigenvalue weighted by molar-refractivity contribution is 7.13. The Morgan fingerprint density at radius 1 is 1.20 bits per heavy atom. The molecule has 1 aromatic carbocycles. The number of carbonyl (C=O) groups excluding carboxylic acids is 1. The first kappa shape index (κ1) is 17.1. The van der Waals surface area contributed by atoms with Crippen molar-refractivity contribution in [3.63, 3.8) is 0 Å². The third-order valence-corrected chi connectivity index (χ3v) is 4.43. The highest BCUT2D eigenvalue weighted by atomic mass is 32.1. The van der Waals surface area contributed by atoms with Crippen molar-refractivity contribution < 1.29 is 9.53 Å². The van der Waals surface area contributed by atoms with Gasteiger partial charge in [-0.25, -0.2) is 4.98 Å². The number of pyridine rings is 1. The number of hydrogen-bond acceptors (Lipinski definition) is 5. The van der Waals surface area contributed by atoms with Gasteiger partial charge in [-0.15, -0.1) is 11.3 Å². The zero-order chi connectivity index (χ0) is 17.5. The van der Waals surface area contributed by atoms with Crippen molar-refractivity contribution in [2.45, 2.75) is 19.9 Å². The molecule has 25 heavy (non-hydrogen) atoms. The molecule has 0 saturated heterocycles. The van der Waals surface area contributed by atoms with Crippen LogP contribution < -0.4 is 10.1 Å². The van der Waals surface area contributed by atoms with E-state index in [1.165, 1.54) is 16.9 Å². The monoisotopic (exact) mass is 353 g/mol. The van der Waals surface area contributed by atoms with E-state index in [-0.39, 0.29) is 5.91 Å². The van der Waals surface area contributed by atoms with Crippen molar-refractivity contribution in [2.75, 3.05) is 6.61 Å². The molecule has 0 aliphatic rings. The van der Waals surface area contributed by atoms with Crippen molar-refractivity contribution in [1.82, 2.24) is 15.3 Å². The third kappa shape index (κ3) is 5.12. The quantitative estimate of drug-likeness (QED) is 0.705. The second kappa shape index (κ2) is 8.39. The van der Waals surface area contributed by atoms with Crippen LogP contribution in [0.2, 0.25) is 0 Å². The van der Waals surface area contributed by atoms with Gasteiger partial charge < -0.3 is 10.1 Å². The fourth-order valence-corrected chi connectivity index (χ4v) is 2.96. The minimum absolute atomic E-state index is 0.0560. The summed E-state index contributed by atoms with van der Waals surface area (Å²) < 4.78 is 5.56. The fourth-order valence-electron chi connectivity index (χ4n) is 2.17. The molecular weight excluding hydrogens is 334 g/mol. The molecule has 6 heteroatoms. The summed E-state index contributed by atoms with van der Waals surface area (Å²) in [5, 5.41) is 5.66. The lowest BCUT2D eigenvalue weighted by molar-refractivity contribution is -0.121. The van der Waals surface area contributed by atoms with Gasteiger partial charge in [0.05, 0.1) is 31.0 Å². The maximum Gasteiger partial charge on any atom is 0.223 e. The fraction of sp³-hybridized carbons (Fsp3) is 0.211. The molecule has 0 aliphatic carbocycles. The lowest BCUT2D eigenvalue weighted by Gasteiger charge is -2.06. The van der Waals surface area contributed by atoms with Gasteiger partial charge in [0.25, 0.3) is 0 Å². The predicted octanol–water partition coefficient (Wildman–Crippen LogP) is 3.60. The molecule has 1 N–H and O–H groups in total. The lowest BCUT2D eigenvalue weighted by Crippen LogP contribution is -2.24. The molecule has 0 fully saturated rings. The Labute approximate surface area is 150 Å². The second-order valence-corrected chi connectivity index (χ2v) is 6.41. The third-order valence-electron chi connectivity index (χ3n) is 3.52. The molecule has 3 rings (SSSR count). The molecule has 0 spiro atoms. The molecule has 5 nitrogen and oxygen atoms in total. The number of ether oxygens (including phenoxy) is 1. The van der Waals surface area contributed by atoms with Crippen molar-refractivity contribution in [1.29, 1.82) is 0 Å². The summed E-state index contributed by atoms with van der Waals surface area (Å²) in [5.74, 6) is 0.720. The van der Waals surface area contributed by atoms with E-state index < -0.39 is 0 Å². The average Bonchev–Trinajstić information content (AvgIpc) is 3.11. The SMILES string of the molecule is Cc1ccc(OCCC(=O)NCc2csc(-c3ccccn3)n2)cc1. The summed E-state index contributed by atoms with van der Waals surface area (Å²) in [7, 11) is 0. The normalized spacial score (nSPS) is 10.4. The predicted molar refractivity (Wildman–Crippen MR) is 98.5 cm³/mol. The zero-order valence-corrected chi connectivity index (χ0v) is 14.8. The Morgan fingerprint density at radius 3 is 2.80 bits per heavy atom. The number of amides is 1. The molecule has 0 unspecified atom stereocenters. The van der Waals surface area contributed by atoms with Crippen LogP contribution >= 0.6 is 11.3 Å². The molecule has 1 amide bonds. The van der Waals surface area contributed by atoms with Crippen molar-refractivity contribution in [3.05, 3.63) is 65.3 Å². The molecule has 0 saturated carbocycles. The van der Waals surface area contributed by atoms with Crippen LogP contribution in [0.4, 0.5) is 0 Å². The Balaban J connectivity index is 1.42. The van der Waals surface area contributed by atoms with E-state index in [0.717, 1.165) is 22.1 Å². The standard InChI is InChI=1S/C19H19N3O2S/c1-14-5-7-16(8-6-14)24-11-9-18(23)21-12-15-13-25-19(22-15)17-4-2-3-10-20-17/h2-8,10,13H,9,11-12H2,1H3,(H,21,23). The van der Waals surface area contributed by atoms with E-state index >= 15 is 0 Å². The Morgan fingerprint density at radius 2 is 2.04 bits per heavy atom. The highest BCUT2D eigenvalue weighted by Gasteiger charge is 2.07. The maximum atomic E-state index is 11.9. The van der Waals surface area contributed by atoms with Crippen LogP contribution in [0.25, 0.3) is 10.7 Å². The highest BCUT2D eigenvalue weighted by Crippen LogP contribution is 2.21. The van der Waals surface area contributed by atoms with Crippen LogP contribution in [-0.2, 0) is 11.3 Å². The van der Waals surface area contributed by atoms with Gasteiger partial charge in [0, 0.05) is 11.6 Å². The molecule has 2 heterocycles. The summed E-state index contributed by atoms with van der Waals surface area (Å²) in [5.41, 5.74) is 2.86. The summed E-state index contributed by atoms with van der Waals surface area (Å²) in [6, 6.07) is 13.5. The molecule has 128 valence electrons. The zero-order valence-electron chi connectivity index (χ0n) is 13.9. The minimum atomic E-state index is -0.0560. The van der Waals surface area contributed by atoms with Gasteiger partial charge in [-0.1, -0.05) is 23.8 Å². The molecule has 0 atom stereocenters. The van der Waals surface area contributed by atoms with Gasteiger partial charge in [0.1, 0.15) is 10.8 Å². The van der Waals surface area contributed by atoms with E-state index in [2.05, 4.69) is 15.3 Å². The number of benzene rings is 1. The number of carbonyl (C=O) groups is 1. The largest absolute Gasteiger partial charge is 0.493 e. The summed E-state index contributed by atoms with van der Waals surface area (Å²) >= 11 is 1.52. The van der Waals surface area contributed by atoms with E-state index in [1.54, 1.807) is 6.20 Å². The first-order valence-electron chi connectivity index (χ1n) is 8.03. The Hall–Kier alpha value is -2.73. The molecule has 0 radical (unpaired) electrons. The number of aromatic nitrogens is 2. The van der Waals surface area contributed by atoms with Crippen LogP contribution in [0.15, 0.2) is 54.0 Å². The number of thiazole rings is 1. The number of rotatable bonds is 7. The van der Waals surface area contributed by atoms with Gasteiger partial charge >= 0.3 is 0 Å². The lowest BCUT2D eigenvalue weighted by atomic mass is 10.2. The van der Waals surface area contributed by atoms with Crippen LogP contribution in [0, 0.1) is 6.92 Å². The van der Waals surface area contributed by atoms with Gasteiger partial charge in [0.15, 0.2) is 0 Å². The van der Waals surface area contributed by atoms with E-state index in [1.807, 2.05) is 54.8 Å². The van der Waals surface area contributed by atoms with E-state index in [0.29, 0.717) is 19.6 Å². The summed E-state index contributed by atoms with van der Waals surface area (Å²) in [4.78, 5) is 20.7. The Bertz CT molecular complexity index is 816. The summed E-state index contributed by atoms with van der Waals surface area (Å²) in [6.07, 6.45) is 2.05. The second-order valence-electron chi connectivity index (χ2n) is 5.55. The maximum absolute atomic E-state index is 11.9.